The smallest absolute Gasteiger partial charge is 0.316 e. The van der Waals surface area contributed by atoms with Crippen molar-refractivity contribution in [1.82, 2.24) is 19.9 Å². The molecule has 0 amide bonds. The van der Waals surface area contributed by atoms with Gasteiger partial charge in [-0.2, -0.15) is 0 Å². The maximum Gasteiger partial charge on any atom is 0.316 e. The molecule has 2 aliphatic heterocycles. The number of ether oxygens (including phenoxy) is 2. The highest BCUT2D eigenvalue weighted by molar-refractivity contribution is 5.10. The molecule has 4 rings (SSSR count). The molecule has 0 radical (unpaired) electrons. The summed E-state index contributed by atoms with van der Waals surface area (Å²) in [7, 11) is 0. The number of piperidine rings is 1. The lowest BCUT2D eigenvalue weighted by Gasteiger charge is -2.39. The molecule has 2 saturated heterocycles. The number of hydrogen-bond donors (Lipinski definition) is 0. The van der Waals surface area contributed by atoms with Crippen molar-refractivity contribution in [3.63, 3.8) is 0 Å². The monoisotopic (exact) mass is 326 g/mol. The minimum absolute atomic E-state index is 0.0354. The van der Waals surface area contributed by atoms with E-state index in [0.717, 1.165) is 38.9 Å². The van der Waals surface area contributed by atoms with Crippen LogP contribution in [0.2, 0.25) is 0 Å². The molecule has 0 N–H and O–H groups in total. The van der Waals surface area contributed by atoms with Gasteiger partial charge in [-0.1, -0.05) is 0 Å². The predicted octanol–water partition coefficient (Wildman–Crippen LogP) is 2.07. The summed E-state index contributed by atoms with van der Waals surface area (Å²) in [6, 6.07) is 6.38. The molecule has 24 heavy (non-hydrogen) atoms. The average Bonchev–Trinajstić information content (AvgIpc) is 2.98. The number of pyridine rings is 1. The first kappa shape index (κ1) is 15.5. The maximum atomic E-state index is 6.20. The van der Waals surface area contributed by atoms with Gasteiger partial charge in [0.15, 0.2) is 0 Å². The summed E-state index contributed by atoms with van der Waals surface area (Å²) in [6.45, 7) is 3.62. The quantitative estimate of drug-likeness (QED) is 0.857. The third-order valence-corrected chi connectivity index (χ3v) is 4.76. The Kier molecular flexibility index (Phi) is 4.40. The van der Waals surface area contributed by atoms with Crippen molar-refractivity contribution < 1.29 is 9.47 Å². The minimum Gasteiger partial charge on any atom is -0.458 e. The van der Waals surface area contributed by atoms with E-state index in [9.17, 15) is 0 Å². The van der Waals surface area contributed by atoms with E-state index in [0.29, 0.717) is 12.6 Å². The summed E-state index contributed by atoms with van der Waals surface area (Å²) < 4.78 is 12.1. The molecule has 2 aromatic rings. The van der Waals surface area contributed by atoms with Gasteiger partial charge >= 0.3 is 6.01 Å². The van der Waals surface area contributed by atoms with Gasteiger partial charge in [0, 0.05) is 44.3 Å². The Morgan fingerprint density at radius 3 is 2.88 bits per heavy atom. The van der Waals surface area contributed by atoms with Gasteiger partial charge in [0.2, 0.25) is 0 Å². The molecule has 2 atom stereocenters. The molecular formula is C18H22N4O2. The Morgan fingerprint density at radius 2 is 2.04 bits per heavy atom. The molecule has 2 fully saturated rings. The molecule has 0 saturated carbocycles. The third kappa shape index (κ3) is 3.55. The Balaban J connectivity index is 1.37. The van der Waals surface area contributed by atoms with Crippen LogP contribution in [0.3, 0.4) is 0 Å². The molecule has 126 valence electrons. The number of likely N-dealkylation sites (tertiary alicyclic amines) is 1. The molecular weight excluding hydrogens is 304 g/mol. The van der Waals surface area contributed by atoms with Crippen LogP contribution in [0.4, 0.5) is 0 Å². The van der Waals surface area contributed by atoms with Crippen molar-refractivity contribution in [2.75, 3.05) is 19.7 Å². The van der Waals surface area contributed by atoms with E-state index in [2.05, 4.69) is 32.0 Å². The molecule has 2 aliphatic rings. The highest BCUT2D eigenvalue weighted by Gasteiger charge is 2.44. The van der Waals surface area contributed by atoms with Crippen LogP contribution in [0, 0.1) is 0 Å². The maximum absolute atomic E-state index is 6.20. The zero-order valence-corrected chi connectivity index (χ0v) is 13.7. The largest absolute Gasteiger partial charge is 0.458 e. The summed E-state index contributed by atoms with van der Waals surface area (Å²) in [6.07, 6.45) is 10.3. The van der Waals surface area contributed by atoms with Crippen LogP contribution in [0.1, 0.15) is 24.8 Å². The summed E-state index contributed by atoms with van der Waals surface area (Å²) in [4.78, 5) is 14.8. The molecule has 4 heterocycles. The zero-order valence-electron chi connectivity index (χ0n) is 13.7. The van der Waals surface area contributed by atoms with Crippen molar-refractivity contribution in [3.05, 3.63) is 48.5 Å². The first-order valence-corrected chi connectivity index (χ1v) is 8.50. The van der Waals surface area contributed by atoms with E-state index in [4.69, 9.17) is 9.47 Å². The van der Waals surface area contributed by atoms with Gasteiger partial charge in [-0.15, -0.1) is 0 Å². The number of nitrogens with zero attached hydrogens (tertiary/aromatic N) is 4. The van der Waals surface area contributed by atoms with Gasteiger partial charge in [-0.05, 0) is 43.1 Å². The first-order chi connectivity index (χ1) is 11.8. The van der Waals surface area contributed by atoms with Gasteiger partial charge in [0.25, 0.3) is 0 Å². The lowest BCUT2D eigenvalue weighted by Crippen LogP contribution is -2.47. The molecule has 2 aromatic heterocycles. The van der Waals surface area contributed by atoms with E-state index in [1.54, 1.807) is 18.5 Å². The number of aromatic nitrogens is 3. The van der Waals surface area contributed by atoms with Crippen LogP contribution in [-0.4, -0.2) is 51.3 Å². The lowest BCUT2D eigenvalue weighted by atomic mass is 9.89. The van der Waals surface area contributed by atoms with Gasteiger partial charge in [-0.25, -0.2) is 9.97 Å². The topological polar surface area (TPSA) is 60.4 Å². The molecule has 0 bridgehead atoms. The van der Waals surface area contributed by atoms with E-state index >= 15 is 0 Å². The zero-order chi connectivity index (χ0) is 16.2. The number of hydrogen-bond acceptors (Lipinski definition) is 6. The van der Waals surface area contributed by atoms with Gasteiger partial charge < -0.3 is 9.47 Å². The van der Waals surface area contributed by atoms with Crippen LogP contribution in [-0.2, 0) is 11.3 Å². The molecule has 6 heteroatoms. The molecule has 1 spiro atoms. The van der Waals surface area contributed by atoms with E-state index < -0.39 is 0 Å². The van der Waals surface area contributed by atoms with Gasteiger partial charge in [-0.3, -0.25) is 9.88 Å². The van der Waals surface area contributed by atoms with E-state index in [1.165, 1.54) is 5.56 Å². The van der Waals surface area contributed by atoms with Crippen molar-refractivity contribution in [1.29, 1.82) is 0 Å². The third-order valence-electron chi connectivity index (χ3n) is 4.76. The molecule has 6 nitrogen and oxygen atoms in total. The van der Waals surface area contributed by atoms with Crippen LogP contribution < -0.4 is 4.74 Å². The highest BCUT2D eigenvalue weighted by atomic mass is 16.6. The second-order valence-electron chi connectivity index (χ2n) is 6.64. The summed E-state index contributed by atoms with van der Waals surface area (Å²) in [5, 5.41) is 0. The van der Waals surface area contributed by atoms with Crippen molar-refractivity contribution >= 4 is 0 Å². The van der Waals surface area contributed by atoms with Crippen LogP contribution >= 0.6 is 0 Å². The second-order valence-corrected chi connectivity index (χ2v) is 6.64. The Morgan fingerprint density at radius 1 is 1.21 bits per heavy atom. The lowest BCUT2D eigenvalue weighted by molar-refractivity contribution is -0.0538. The summed E-state index contributed by atoms with van der Waals surface area (Å²) >= 11 is 0. The fraction of sp³-hybridized carbons (Fsp3) is 0.500. The Bertz CT molecular complexity index is 655. The highest BCUT2D eigenvalue weighted by Crippen LogP contribution is 2.36. The molecule has 0 unspecified atom stereocenters. The van der Waals surface area contributed by atoms with Crippen LogP contribution in [0.25, 0.3) is 0 Å². The van der Waals surface area contributed by atoms with Gasteiger partial charge in [0.1, 0.15) is 6.10 Å². The van der Waals surface area contributed by atoms with E-state index in [1.807, 2.05) is 12.4 Å². The standard InChI is InChI=1S/C18H22N4O2/c1-5-18(14-22(10-1)12-15-3-8-19-9-4-15)11-16(13-23-18)24-17-20-6-2-7-21-17/h2-4,6-9,16H,1,5,10-14H2/t16-,18+/m1/s1. The summed E-state index contributed by atoms with van der Waals surface area (Å²) in [5.41, 5.74) is 1.20. The van der Waals surface area contributed by atoms with Crippen LogP contribution in [0.15, 0.2) is 43.0 Å². The van der Waals surface area contributed by atoms with Gasteiger partial charge in [0.05, 0.1) is 12.2 Å². The Labute approximate surface area is 141 Å². The van der Waals surface area contributed by atoms with Crippen molar-refractivity contribution in [2.24, 2.45) is 0 Å². The number of rotatable bonds is 4. The molecule has 0 aliphatic carbocycles. The summed E-state index contributed by atoms with van der Waals surface area (Å²) in [5.74, 6) is 0. The van der Waals surface area contributed by atoms with E-state index in [-0.39, 0.29) is 11.7 Å². The Hall–Kier alpha value is -2.05. The minimum atomic E-state index is -0.0925. The SMILES string of the molecule is c1cnc(O[C@H]2CO[C@@]3(CCCN(Cc4ccncc4)C3)C2)nc1. The average molecular weight is 326 g/mol. The van der Waals surface area contributed by atoms with Crippen molar-refractivity contribution in [3.8, 4) is 6.01 Å². The predicted molar refractivity (Wildman–Crippen MR) is 88.5 cm³/mol. The fourth-order valence-corrected chi connectivity index (χ4v) is 3.73. The fourth-order valence-electron chi connectivity index (χ4n) is 3.73. The van der Waals surface area contributed by atoms with Crippen molar-refractivity contribution in [2.45, 2.75) is 37.5 Å². The second kappa shape index (κ2) is 6.83. The van der Waals surface area contributed by atoms with Crippen LogP contribution in [0.5, 0.6) is 6.01 Å². The normalized spacial score (nSPS) is 27.4. The molecule has 0 aromatic carbocycles. The first-order valence-electron chi connectivity index (χ1n) is 8.50.